The summed E-state index contributed by atoms with van der Waals surface area (Å²) in [6.07, 6.45) is -4.60. The molecule has 202 valence electrons. The van der Waals surface area contributed by atoms with Crippen LogP contribution in [0.3, 0.4) is 0 Å². The Morgan fingerprint density at radius 2 is 1.81 bits per heavy atom. The maximum absolute atomic E-state index is 13.1. The Balaban J connectivity index is 2.03. The average molecular weight is 522 g/mol. The van der Waals surface area contributed by atoms with Gasteiger partial charge in [-0.25, -0.2) is 0 Å². The SMILES string of the molecule is CCN(CCN)C(=O)[C@H](CNCc1ccc(C)cc1C)NC(=O)CNC(=O)c1cccc(C(F)(F)F)c1. The molecule has 0 aliphatic heterocycles. The summed E-state index contributed by atoms with van der Waals surface area (Å²) in [7, 11) is 0. The third kappa shape index (κ3) is 9.18. The zero-order valence-electron chi connectivity index (χ0n) is 21.2. The molecule has 0 aromatic heterocycles. The Hall–Kier alpha value is -3.44. The summed E-state index contributed by atoms with van der Waals surface area (Å²) in [5, 5.41) is 8.11. The van der Waals surface area contributed by atoms with Crippen LogP contribution in [0.15, 0.2) is 42.5 Å². The van der Waals surface area contributed by atoms with Crippen molar-refractivity contribution in [3.05, 3.63) is 70.3 Å². The van der Waals surface area contributed by atoms with E-state index < -0.39 is 36.1 Å². The van der Waals surface area contributed by atoms with Crippen molar-refractivity contribution in [2.24, 2.45) is 5.73 Å². The number of hydrogen-bond donors (Lipinski definition) is 4. The first-order valence-corrected chi connectivity index (χ1v) is 12.0. The number of benzene rings is 2. The summed E-state index contributed by atoms with van der Waals surface area (Å²) in [6, 6.07) is 8.99. The number of nitrogens with zero attached hydrogens (tertiary/aromatic N) is 1. The normalized spacial score (nSPS) is 12.1. The average Bonchev–Trinajstić information content (AvgIpc) is 2.85. The quantitative estimate of drug-likeness (QED) is 0.342. The molecular formula is C26H34F3N5O3. The Morgan fingerprint density at radius 3 is 2.43 bits per heavy atom. The van der Waals surface area contributed by atoms with Gasteiger partial charge in [0.1, 0.15) is 6.04 Å². The highest BCUT2D eigenvalue weighted by Crippen LogP contribution is 2.29. The van der Waals surface area contributed by atoms with Crippen LogP contribution in [0.4, 0.5) is 13.2 Å². The topological polar surface area (TPSA) is 117 Å². The van der Waals surface area contributed by atoms with E-state index in [0.717, 1.165) is 28.8 Å². The Morgan fingerprint density at radius 1 is 1.08 bits per heavy atom. The summed E-state index contributed by atoms with van der Waals surface area (Å²) in [4.78, 5) is 39.5. The number of alkyl halides is 3. The van der Waals surface area contributed by atoms with Gasteiger partial charge in [0, 0.05) is 38.3 Å². The lowest BCUT2D eigenvalue weighted by atomic mass is 10.1. The first-order valence-electron chi connectivity index (χ1n) is 12.0. The lowest BCUT2D eigenvalue weighted by molar-refractivity contribution is -0.137. The largest absolute Gasteiger partial charge is 0.416 e. The molecule has 37 heavy (non-hydrogen) atoms. The van der Waals surface area contributed by atoms with Gasteiger partial charge in [-0.2, -0.15) is 13.2 Å². The van der Waals surface area contributed by atoms with Crippen molar-refractivity contribution < 1.29 is 27.6 Å². The van der Waals surface area contributed by atoms with Gasteiger partial charge < -0.3 is 26.6 Å². The maximum Gasteiger partial charge on any atom is 0.416 e. The molecule has 0 bridgehead atoms. The molecule has 0 unspecified atom stereocenters. The van der Waals surface area contributed by atoms with Crippen LogP contribution in [0.1, 0.15) is 39.5 Å². The predicted molar refractivity (Wildman–Crippen MR) is 135 cm³/mol. The Labute approximate surface area is 214 Å². The van der Waals surface area contributed by atoms with E-state index in [9.17, 15) is 27.6 Å². The van der Waals surface area contributed by atoms with E-state index >= 15 is 0 Å². The van der Waals surface area contributed by atoms with E-state index in [1.165, 1.54) is 11.0 Å². The lowest BCUT2D eigenvalue weighted by Gasteiger charge is -2.27. The van der Waals surface area contributed by atoms with Crippen molar-refractivity contribution in [1.29, 1.82) is 0 Å². The van der Waals surface area contributed by atoms with Gasteiger partial charge in [0.05, 0.1) is 12.1 Å². The minimum atomic E-state index is -4.60. The van der Waals surface area contributed by atoms with Crippen molar-refractivity contribution in [3.63, 3.8) is 0 Å². The van der Waals surface area contributed by atoms with Crippen LogP contribution in [0, 0.1) is 13.8 Å². The van der Waals surface area contributed by atoms with Gasteiger partial charge in [0.15, 0.2) is 0 Å². The molecule has 2 aromatic rings. The molecular weight excluding hydrogens is 487 g/mol. The number of amides is 3. The lowest BCUT2D eigenvalue weighted by Crippen LogP contribution is -2.55. The van der Waals surface area contributed by atoms with Crippen LogP contribution in [0.25, 0.3) is 0 Å². The van der Waals surface area contributed by atoms with E-state index in [1.807, 2.05) is 26.0 Å². The van der Waals surface area contributed by atoms with Gasteiger partial charge in [-0.3, -0.25) is 14.4 Å². The molecule has 0 spiro atoms. The number of hydrogen-bond acceptors (Lipinski definition) is 5. The highest BCUT2D eigenvalue weighted by atomic mass is 19.4. The molecule has 3 amide bonds. The first kappa shape index (κ1) is 29.8. The number of likely N-dealkylation sites (N-methyl/N-ethyl adjacent to an activating group) is 1. The van der Waals surface area contributed by atoms with Crippen molar-refractivity contribution >= 4 is 17.7 Å². The molecule has 0 heterocycles. The zero-order chi connectivity index (χ0) is 27.6. The van der Waals surface area contributed by atoms with Crippen LogP contribution in [0.5, 0.6) is 0 Å². The number of carbonyl (C=O) groups is 3. The number of carbonyl (C=O) groups excluding carboxylic acids is 3. The smallest absolute Gasteiger partial charge is 0.343 e. The molecule has 1 atom stereocenters. The van der Waals surface area contributed by atoms with E-state index in [0.29, 0.717) is 25.7 Å². The second kappa shape index (κ2) is 13.8. The number of nitrogens with one attached hydrogen (secondary N) is 3. The Kier molecular flexibility index (Phi) is 11.1. The summed E-state index contributed by atoms with van der Waals surface area (Å²) in [5.41, 5.74) is 7.68. The molecule has 8 nitrogen and oxygen atoms in total. The number of aryl methyl sites for hydroxylation is 2. The van der Waals surface area contributed by atoms with E-state index in [4.69, 9.17) is 5.73 Å². The molecule has 2 aromatic carbocycles. The molecule has 0 aliphatic rings. The van der Waals surface area contributed by atoms with Gasteiger partial charge in [0.25, 0.3) is 5.91 Å². The summed E-state index contributed by atoms with van der Waals surface area (Å²) in [5.74, 6) is -1.83. The van der Waals surface area contributed by atoms with Crippen molar-refractivity contribution in [2.45, 2.75) is 39.5 Å². The van der Waals surface area contributed by atoms with Crippen LogP contribution < -0.4 is 21.7 Å². The van der Waals surface area contributed by atoms with E-state index in [1.54, 1.807) is 6.92 Å². The zero-order valence-corrected chi connectivity index (χ0v) is 21.2. The molecule has 0 radical (unpaired) electrons. The Bertz CT molecular complexity index is 1090. The van der Waals surface area contributed by atoms with Gasteiger partial charge in [0.2, 0.25) is 11.8 Å². The van der Waals surface area contributed by atoms with Gasteiger partial charge in [-0.1, -0.05) is 29.8 Å². The van der Waals surface area contributed by atoms with Gasteiger partial charge >= 0.3 is 6.18 Å². The highest BCUT2D eigenvalue weighted by Gasteiger charge is 2.31. The first-order chi connectivity index (χ1) is 17.5. The monoisotopic (exact) mass is 521 g/mol. The fraction of sp³-hybridized carbons (Fsp3) is 0.423. The third-order valence-electron chi connectivity index (χ3n) is 5.75. The molecule has 0 fully saturated rings. The van der Waals surface area contributed by atoms with Crippen molar-refractivity contribution in [3.8, 4) is 0 Å². The van der Waals surface area contributed by atoms with E-state index in [2.05, 4.69) is 22.0 Å². The second-order valence-corrected chi connectivity index (χ2v) is 8.65. The molecule has 2 rings (SSSR count). The van der Waals surface area contributed by atoms with Crippen molar-refractivity contribution in [1.82, 2.24) is 20.9 Å². The fourth-order valence-corrected chi connectivity index (χ4v) is 3.74. The van der Waals surface area contributed by atoms with Crippen LogP contribution in [-0.4, -0.2) is 61.4 Å². The molecule has 11 heteroatoms. The standard InChI is InChI=1S/C26H34F3N5O3/c1-4-34(11-10-30)25(37)22(15-31-14-20-9-8-17(2)12-18(20)3)33-23(35)16-32-24(36)19-6-5-7-21(13-19)26(27,28)29/h5-9,12-13,22,31H,4,10-11,14-16,30H2,1-3H3,(H,32,36)(H,33,35)/t22-/m0/s1. The second-order valence-electron chi connectivity index (χ2n) is 8.65. The van der Waals surface area contributed by atoms with Gasteiger partial charge in [-0.15, -0.1) is 0 Å². The summed E-state index contributed by atoms with van der Waals surface area (Å²) < 4.78 is 38.8. The predicted octanol–water partition coefficient (Wildman–Crippen LogP) is 2.13. The molecule has 0 saturated heterocycles. The molecule has 0 aliphatic carbocycles. The summed E-state index contributed by atoms with van der Waals surface area (Å²) >= 11 is 0. The van der Waals surface area contributed by atoms with Crippen molar-refractivity contribution in [2.75, 3.05) is 32.7 Å². The van der Waals surface area contributed by atoms with Gasteiger partial charge in [-0.05, 0) is 50.1 Å². The summed E-state index contributed by atoms with van der Waals surface area (Å²) in [6.45, 7) is 6.82. The fourth-order valence-electron chi connectivity index (χ4n) is 3.74. The molecule has 0 saturated carbocycles. The number of rotatable bonds is 12. The van der Waals surface area contributed by atoms with Crippen LogP contribution >= 0.6 is 0 Å². The van der Waals surface area contributed by atoms with Crippen LogP contribution in [-0.2, 0) is 22.3 Å². The highest BCUT2D eigenvalue weighted by molar-refractivity contribution is 5.97. The van der Waals surface area contributed by atoms with Crippen LogP contribution in [0.2, 0.25) is 0 Å². The maximum atomic E-state index is 13.1. The minimum Gasteiger partial charge on any atom is -0.343 e. The van der Waals surface area contributed by atoms with E-state index in [-0.39, 0.29) is 24.6 Å². The molecule has 5 N–H and O–H groups in total. The number of halogens is 3. The number of nitrogens with two attached hydrogens (primary N) is 1. The third-order valence-corrected chi connectivity index (χ3v) is 5.75. The minimum absolute atomic E-state index is 0.126.